The zero-order chi connectivity index (χ0) is 13.5. The molecule has 4 heteroatoms. The van der Waals surface area contributed by atoms with Gasteiger partial charge < -0.3 is 0 Å². The molecule has 0 unspecified atom stereocenters. The third kappa shape index (κ3) is 4.51. The molecular formula is C15H17ClN2S. The van der Waals surface area contributed by atoms with Crippen LogP contribution in [-0.2, 0) is 0 Å². The van der Waals surface area contributed by atoms with E-state index >= 15 is 0 Å². The van der Waals surface area contributed by atoms with Crippen LogP contribution in [0.2, 0.25) is 5.15 Å². The van der Waals surface area contributed by atoms with Crippen LogP contribution in [0.25, 0.3) is 11.4 Å². The average Bonchev–Trinajstić information content (AvgIpc) is 2.44. The number of hydrogen-bond donors (Lipinski definition) is 0. The van der Waals surface area contributed by atoms with Crippen molar-refractivity contribution in [2.45, 2.75) is 31.2 Å². The number of aromatic nitrogens is 2. The zero-order valence-electron chi connectivity index (χ0n) is 11.0. The Hall–Kier alpha value is -1.06. The van der Waals surface area contributed by atoms with E-state index in [0.717, 1.165) is 16.3 Å². The van der Waals surface area contributed by atoms with Gasteiger partial charge in [0.2, 0.25) is 0 Å². The minimum absolute atomic E-state index is 0.506. The zero-order valence-corrected chi connectivity index (χ0v) is 12.5. The molecule has 0 atom stereocenters. The summed E-state index contributed by atoms with van der Waals surface area (Å²) in [5, 5.41) is 1.46. The van der Waals surface area contributed by atoms with Crippen molar-refractivity contribution in [1.29, 1.82) is 0 Å². The Labute approximate surface area is 123 Å². The second-order valence-electron chi connectivity index (χ2n) is 4.27. The molecule has 0 N–H and O–H groups in total. The second-order valence-corrected chi connectivity index (χ2v) is 5.78. The van der Waals surface area contributed by atoms with Crippen molar-refractivity contribution in [2.75, 3.05) is 5.75 Å². The average molecular weight is 293 g/mol. The summed E-state index contributed by atoms with van der Waals surface area (Å²) < 4.78 is 0. The standard InChI is InChI=1S/C15H17ClN2S/c1-2-3-7-10-19-14-11-13(16)17-15(18-14)12-8-5-4-6-9-12/h4-6,8-9,11H,2-3,7,10H2,1H3. The third-order valence-corrected chi connectivity index (χ3v) is 3.89. The van der Waals surface area contributed by atoms with Crippen LogP contribution in [-0.4, -0.2) is 15.7 Å². The van der Waals surface area contributed by atoms with Gasteiger partial charge >= 0.3 is 0 Å². The molecule has 1 aromatic carbocycles. The Morgan fingerprint density at radius 1 is 1.11 bits per heavy atom. The highest BCUT2D eigenvalue weighted by Crippen LogP contribution is 2.24. The third-order valence-electron chi connectivity index (χ3n) is 2.70. The van der Waals surface area contributed by atoms with Gasteiger partial charge in [0.1, 0.15) is 10.2 Å². The number of nitrogens with zero attached hydrogens (tertiary/aromatic N) is 2. The molecule has 0 aliphatic rings. The van der Waals surface area contributed by atoms with Crippen molar-refractivity contribution < 1.29 is 0 Å². The Morgan fingerprint density at radius 3 is 2.63 bits per heavy atom. The van der Waals surface area contributed by atoms with Gasteiger partial charge in [-0.3, -0.25) is 0 Å². The monoisotopic (exact) mass is 292 g/mol. The highest BCUT2D eigenvalue weighted by molar-refractivity contribution is 7.99. The van der Waals surface area contributed by atoms with Crippen molar-refractivity contribution in [3.63, 3.8) is 0 Å². The lowest BCUT2D eigenvalue weighted by molar-refractivity contribution is 0.778. The predicted molar refractivity (Wildman–Crippen MR) is 82.7 cm³/mol. The molecule has 0 fully saturated rings. The molecule has 0 radical (unpaired) electrons. The molecule has 0 saturated carbocycles. The maximum atomic E-state index is 6.08. The molecule has 0 saturated heterocycles. The fourth-order valence-electron chi connectivity index (χ4n) is 1.72. The Balaban J connectivity index is 2.11. The maximum absolute atomic E-state index is 6.08. The van der Waals surface area contributed by atoms with Crippen LogP contribution >= 0.6 is 23.4 Å². The number of unbranched alkanes of at least 4 members (excludes halogenated alkanes) is 2. The summed E-state index contributed by atoms with van der Waals surface area (Å²) in [5.74, 6) is 1.78. The second kappa shape index (κ2) is 7.51. The summed E-state index contributed by atoms with van der Waals surface area (Å²) in [5.41, 5.74) is 1.00. The van der Waals surface area contributed by atoms with E-state index in [1.165, 1.54) is 19.3 Å². The first kappa shape index (κ1) is 14.4. The first-order chi connectivity index (χ1) is 9.29. The van der Waals surface area contributed by atoms with Crippen LogP contribution in [0.1, 0.15) is 26.2 Å². The normalized spacial score (nSPS) is 10.6. The van der Waals surface area contributed by atoms with E-state index < -0.39 is 0 Å². The molecule has 2 rings (SSSR count). The van der Waals surface area contributed by atoms with E-state index in [4.69, 9.17) is 11.6 Å². The van der Waals surface area contributed by atoms with Crippen LogP contribution in [0, 0.1) is 0 Å². The number of rotatable bonds is 6. The van der Waals surface area contributed by atoms with Gasteiger partial charge in [-0.25, -0.2) is 9.97 Å². The molecule has 0 bridgehead atoms. The summed E-state index contributed by atoms with van der Waals surface area (Å²) in [4.78, 5) is 8.86. The quantitative estimate of drug-likeness (QED) is 0.422. The van der Waals surface area contributed by atoms with E-state index in [2.05, 4.69) is 16.9 Å². The van der Waals surface area contributed by atoms with Gasteiger partial charge in [-0.2, -0.15) is 0 Å². The summed E-state index contributed by atoms with van der Waals surface area (Å²) in [7, 11) is 0. The Bertz CT molecular complexity index is 517. The van der Waals surface area contributed by atoms with Crippen LogP contribution < -0.4 is 0 Å². The Morgan fingerprint density at radius 2 is 1.89 bits per heavy atom. The lowest BCUT2D eigenvalue weighted by Crippen LogP contribution is -1.92. The minimum Gasteiger partial charge on any atom is -0.222 e. The fraction of sp³-hybridized carbons (Fsp3) is 0.333. The maximum Gasteiger partial charge on any atom is 0.162 e. The van der Waals surface area contributed by atoms with E-state index in [-0.39, 0.29) is 0 Å². The van der Waals surface area contributed by atoms with Crippen molar-refractivity contribution in [3.8, 4) is 11.4 Å². The molecule has 100 valence electrons. The smallest absolute Gasteiger partial charge is 0.162 e. The minimum atomic E-state index is 0.506. The molecule has 0 aliphatic carbocycles. The molecule has 2 nitrogen and oxygen atoms in total. The first-order valence-electron chi connectivity index (χ1n) is 6.52. The van der Waals surface area contributed by atoms with E-state index in [9.17, 15) is 0 Å². The van der Waals surface area contributed by atoms with Crippen LogP contribution in [0.15, 0.2) is 41.4 Å². The van der Waals surface area contributed by atoms with Crippen LogP contribution in [0.4, 0.5) is 0 Å². The highest BCUT2D eigenvalue weighted by Gasteiger charge is 2.05. The molecule has 0 amide bonds. The van der Waals surface area contributed by atoms with Crippen molar-refractivity contribution in [3.05, 3.63) is 41.6 Å². The number of thioether (sulfide) groups is 1. The van der Waals surface area contributed by atoms with Gasteiger partial charge in [-0.15, -0.1) is 11.8 Å². The van der Waals surface area contributed by atoms with Gasteiger partial charge in [-0.05, 0) is 12.2 Å². The molecule has 0 spiro atoms. The molecule has 2 aromatic rings. The van der Waals surface area contributed by atoms with Crippen molar-refractivity contribution in [1.82, 2.24) is 9.97 Å². The van der Waals surface area contributed by atoms with Crippen LogP contribution in [0.5, 0.6) is 0 Å². The van der Waals surface area contributed by atoms with E-state index in [1.807, 2.05) is 36.4 Å². The lowest BCUT2D eigenvalue weighted by Gasteiger charge is -2.05. The summed E-state index contributed by atoms with van der Waals surface area (Å²) in [6.45, 7) is 2.21. The van der Waals surface area contributed by atoms with Crippen molar-refractivity contribution in [2.24, 2.45) is 0 Å². The molecule has 1 heterocycles. The summed E-state index contributed by atoms with van der Waals surface area (Å²) in [6, 6.07) is 11.8. The van der Waals surface area contributed by atoms with Gasteiger partial charge in [0.05, 0.1) is 0 Å². The highest BCUT2D eigenvalue weighted by atomic mass is 35.5. The van der Waals surface area contributed by atoms with Gasteiger partial charge in [-0.1, -0.05) is 61.7 Å². The molecule has 1 aromatic heterocycles. The van der Waals surface area contributed by atoms with Crippen LogP contribution in [0.3, 0.4) is 0 Å². The first-order valence-corrected chi connectivity index (χ1v) is 7.88. The van der Waals surface area contributed by atoms with Gasteiger partial charge in [0.15, 0.2) is 5.82 Å². The number of halogens is 1. The summed E-state index contributed by atoms with van der Waals surface area (Å²) >= 11 is 7.82. The molecular weight excluding hydrogens is 276 g/mol. The SMILES string of the molecule is CCCCCSc1cc(Cl)nc(-c2ccccc2)n1. The van der Waals surface area contributed by atoms with Crippen molar-refractivity contribution >= 4 is 23.4 Å². The van der Waals surface area contributed by atoms with Gasteiger partial charge in [0.25, 0.3) is 0 Å². The Kier molecular flexibility index (Phi) is 5.67. The van der Waals surface area contributed by atoms with Gasteiger partial charge in [0, 0.05) is 11.6 Å². The van der Waals surface area contributed by atoms with E-state index in [1.54, 1.807) is 11.8 Å². The summed E-state index contributed by atoms with van der Waals surface area (Å²) in [6.07, 6.45) is 3.71. The van der Waals surface area contributed by atoms with E-state index in [0.29, 0.717) is 11.0 Å². The molecule has 19 heavy (non-hydrogen) atoms. The lowest BCUT2D eigenvalue weighted by atomic mass is 10.2. The molecule has 0 aliphatic heterocycles. The number of hydrogen-bond acceptors (Lipinski definition) is 3. The number of benzene rings is 1. The largest absolute Gasteiger partial charge is 0.222 e. The predicted octanol–water partition coefficient (Wildman–Crippen LogP) is 5.08. The topological polar surface area (TPSA) is 25.8 Å². The fourth-order valence-corrected chi connectivity index (χ4v) is 2.87.